The number of hydroxylamine groups is 1. The molecule has 0 saturated carbocycles. The largest absolute Gasteiger partial charge is 0.497 e. The maximum absolute atomic E-state index is 12.6. The average molecular weight is 292 g/mol. The van der Waals surface area contributed by atoms with Crippen molar-refractivity contribution in [1.82, 2.24) is 5.32 Å². The molecule has 1 aliphatic rings. The summed E-state index contributed by atoms with van der Waals surface area (Å²) in [6.07, 6.45) is 1.49. The molecule has 1 heterocycles. The lowest BCUT2D eigenvalue weighted by molar-refractivity contribution is -0.149. The van der Waals surface area contributed by atoms with E-state index >= 15 is 0 Å². The van der Waals surface area contributed by atoms with Gasteiger partial charge < -0.3 is 14.9 Å². The van der Waals surface area contributed by atoms with Crippen LogP contribution >= 0.6 is 0 Å². The number of piperidine rings is 1. The molecule has 0 bridgehead atoms. The van der Waals surface area contributed by atoms with Gasteiger partial charge in [0.2, 0.25) is 0 Å². The van der Waals surface area contributed by atoms with Gasteiger partial charge in [-0.25, -0.2) is 4.79 Å². The van der Waals surface area contributed by atoms with Crippen molar-refractivity contribution in [2.75, 3.05) is 25.3 Å². The first-order valence-electron chi connectivity index (χ1n) is 6.99. The lowest BCUT2D eigenvalue weighted by Gasteiger charge is -2.27. The van der Waals surface area contributed by atoms with Crippen molar-refractivity contribution >= 4 is 17.6 Å². The zero-order chi connectivity index (χ0) is 15.2. The van der Waals surface area contributed by atoms with E-state index in [1.165, 1.54) is 6.92 Å². The van der Waals surface area contributed by atoms with Gasteiger partial charge in [0.25, 0.3) is 5.91 Å². The van der Waals surface area contributed by atoms with Crippen LogP contribution < -0.4 is 15.1 Å². The fourth-order valence-corrected chi connectivity index (χ4v) is 2.31. The topological polar surface area (TPSA) is 67.9 Å². The van der Waals surface area contributed by atoms with E-state index in [2.05, 4.69) is 5.32 Å². The lowest BCUT2D eigenvalue weighted by Crippen LogP contribution is -2.42. The van der Waals surface area contributed by atoms with Crippen LogP contribution in [0.4, 0.5) is 5.69 Å². The third-order valence-corrected chi connectivity index (χ3v) is 3.42. The first-order valence-corrected chi connectivity index (χ1v) is 6.99. The van der Waals surface area contributed by atoms with Crippen molar-refractivity contribution in [3.63, 3.8) is 0 Å². The standard InChI is InChI=1S/C15H20N2O4/c1-11(18)21-17(13-3-5-14(20-2)6-4-13)15(19)12-7-9-16-10-8-12/h3-6,12,16H,7-10H2,1-2H3. The second-order valence-electron chi connectivity index (χ2n) is 4.94. The molecule has 6 nitrogen and oxygen atoms in total. The van der Waals surface area contributed by atoms with E-state index in [0.717, 1.165) is 31.0 Å². The summed E-state index contributed by atoms with van der Waals surface area (Å²) >= 11 is 0. The molecule has 6 heteroatoms. The molecule has 0 radical (unpaired) electrons. The van der Waals surface area contributed by atoms with Gasteiger partial charge in [0.15, 0.2) is 0 Å². The normalized spacial score (nSPS) is 15.3. The lowest BCUT2D eigenvalue weighted by atomic mass is 9.97. The van der Waals surface area contributed by atoms with Gasteiger partial charge in [-0.3, -0.25) is 4.79 Å². The molecule has 2 rings (SSSR count). The highest BCUT2D eigenvalue weighted by Crippen LogP contribution is 2.24. The van der Waals surface area contributed by atoms with E-state index in [9.17, 15) is 9.59 Å². The van der Waals surface area contributed by atoms with Crippen molar-refractivity contribution in [2.24, 2.45) is 5.92 Å². The maximum atomic E-state index is 12.6. The quantitative estimate of drug-likeness (QED) is 0.855. The number of carbonyl (C=O) groups excluding carboxylic acids is 2. The number of amides is 1. The monoisotopic (exact) mass is 292 g/mol. The van der Waals surface area contributed by atoms with Crippen LogP contribution in [0, 0.1) is 5.92 Å². The van der Waals surface area contributed by atoms with Crippen molar-refractivity contribution in [3.05, 3.63) is 24.3 Å². The molecule has 1 saturated heterocycles. The van der Waals surface area contributed by atoms with E-state index < -0.39 is 5.97 Å². The number of nitrogens with one attached hydrogen (secondary N) is 1. The van der Waals surface area contributed by atoms with E-state index in [1.54, 1.807) is 31.4 Å². The zero-order valence-electron chi connectivity index (χ0n) is 12.3. The molecule has 0 atom stereocenters. The van der Waals surface area contributed by atoms with Crippen LogP contribution in [-0.2, 0) is 14.4 Å². The van der Waals surface area contributed by atoms with Crippen molar-refractivity contribution in [3.8, 4) is 5.75 Å². The summed E-state index contributed by atoms with van der Waals surface area (Å²) in [5.41, 5.74) is 0.523. The first kappa shape index (κ1) is 15.3. The summed E-state index contributed by atoms with van der Waals surface area (Å²) in [4.78, 5) is 29.0. The van der Waals surface area contributed by atoms with E-state index in [0.29, 0.717) is 11.4 Å². The Labute approximate surface area is 124 Å². The molecule has 1 N–H and O–H groups in total. The number of hydrogen-bond donors (Lipinski definition) is 1. The molecule has 0 unspecified atom stereocenters. The van der Waals surface area contributed by atoms with Crippen molar-refractivity contribution in [2.45, 2.75) is 19.8 Å². The molecule has 21 heavy (non-hydrogen) atoms. The Morgan fingerprint density at radius 1 is 1.19 bits per heavy atom. The highest BCUT2D eigenvalue weighted by Gasteiger charge is 2.29. The molecule has 1 fully saturated rings. The predicted octanol–water partition coefficient (Wildman–Crippen LogP) is 1.51. The molecule has 0 spiro atoms. The second-order valence-corrected chi connectivity index (χ2v) is 4.94. The van der Waals surface area contributed by atoms with E-state index in [4.69, 9.17) is 9.57 Å². The zero-order valence-corrected chi connectivity index (χ0v) is 12.3. The number of methoxy groups -OCH3 is 1. The van der Waals surface area contributed by atoms with Crippen LogP contribution in [0.15, 0.2) is 24.3 Å². The van der Waals surface area contributed by atoms with Gasteiger partial charge in [0.05, 0.1) is 12.8 Å². The van der Waals surface area contributed by atoms with Crippen LogP contribution in [0.25, 0.3) is 0 Å². The third-order valence-electron chi connectivity index (χ3n) is 3.42. The minimum atomic E-state index is -0.520. The molecule has 1 aromatic rings. The number of nitrogens with zero attached hydrogens (tertiary/aromatic N) is 1. The number of hydrogen-bond acceptors (Lipinski definition) is 5. The molecular weight excluding hydrogens is 272 g/mol. The van der Waals surface area contributed by atoms with Gasteiger partial charge in [-0.15, -0.1) is 5.06 Å². The van der Waals surface area contributed by atoms with Gasteiger partial charge in [-0.1, -0.05) is 0 Å². The molecule has 114 valence electrons. The van der Waals surface area contributed by atoms with Gasteiger partial charge in [-0.2, -0.15) is 0 Å². The summed E-state index contributed by atoms with van der Waals surface area (Å²) in [6, 6.07) is 6.84. The summed E-state index contributed by atoms with van der Waals surface area (Å²) < 4.78 is 5.09. The summed E-state index contributed by atoms with van der Waals surface area (Å²) in [5.74, 6) is -0.159. The fraction of sp³-hybridized carbons (Fsp3) is 0.467. The molecular formula is C15H20N2O4. The number of benzene rings is 1. The molecule has 1 amide bonds. The Bertz CT molecular complexity index is 495. The van der Waals surface area contributed by atoms with Crippen LogP contribution in [0.2, 0.25) is 0 Å². The minimum Gasteiger partial charge on any atom is -0.497 e. The van der Waals surface area contributed by atoms with Gasteiger partial charge in [0.1, 0.15) is 5.75 Å². The Morgan fingerprint density at radius 2 is 1.81 bits per heavy atom. The van der Waals surface area contributed by atoms with Gasteiger partial charge in [0, 0.05) is 12.8 Å². The fourth-order valence-electron chi connectivity index (χ4n) is 2.31. The molecule has 0 aliphatic carbocycles. The van der Waals surface area contributed by atoms with E-state index in [1.807, 2.05) is 0 Å². The van der Waals surface area contributed by atoms with Crippen LogP contribution in [0.5, 0.6) is 5.75 Å². The molecule has 1 aromatic carbocycles. The number of rotatable bonds is 3. The van der Waals surface area contributed by atoms with Crippen molar-refractivity contribution in [1.29, 1.82) is 0 Å². The van der Waals surface area contributed by atoms with Crippen molar-refractivity contribution < 1.29 is 19.2 Å². The van der Waals surface area contributed by atoms with Gasteiger partial charge in [-0.05, 0) is 50.2 Å². The minimum absolute atomic E-state index is 0.132. The van der Waals surface area contributed by atoms with Crippen LogP contribution in [-0.4, -0.2) is 32.1 Å². The van der Waals surface area contributed by atoms with Crippen LogP contribution in [0.1, 0.15) is 19.8 Å². The molecule has 0 aromatic heterocycles. The summed E-state index contributed by atoms with van der Waals surface area (Å²) in [7, 11) is 1.57. The number of ether oxygens (including phenoxy) is 1. The Morgan fingerprint density at radius 3 is 2.33 bits per heavy atom. The highest BCUT2D eigenvalue weighted by molar-refractivity contribution is 5.94. The maximum Gasteiger partial charge on any atom is 0.330 e. The highest BCUT2D eigenvalue weighted by atomic mass is 16.7. The number of carbonyl (C=O) groups is 2. The smallest absolute Gasteiger partial charge is 0.330 e. The van der Waals surface area contributed by atoms with Crippen LogP contribution in [0.3, 0.4) is 0 Å². The SMILES string of the molecule is COc1ccc(N(OC(C)=O)C(=O)C2CCNCC2)cc1. The number of anilines is 1. The summed E-state index contributed by atoms with van der Waals surface area (Å²) in [5, 5.41) is 4.30. The average Bonchev–Trinajstić information content (AvgIpc) is 2.53. The Hall–Kier alpha value is -2.08. The Balaban J connectivity index is 2.19. The predicted molar refractivity (Wildman–Crippen MR) is 77.8 cm³/mol. The second kappa shape index (κ2) is 7.08. The van der Waals surface area contributed by atoms with E-state index in [-0.39, 0.29) is 11.8 Å². The Kier molecular flexibility index (Phi) is 5.16. The third kappa shape index (κ3) is 3.95. The summed E-state index contributed by atoms with van der Waals surface area (Å²) in [6.45, 7) is 2.88. The first-order chi connectivity index (χ1) is 10.1. The molecule has 1 aliphatic heterocycles. The van der Waals surface area contributed by atoms with Gasteiger partial charge >= 0.3 is 5.97 Å².